The number of hydrogen-bond acceptors (Lipinski definition) is 6. The molecule has 0 saturated carbocycles. The molecule has 0 spiro atoms. The second-order valence-electron chi connectivity index (χ2n) is 6.23. The summed E-state index contributed by atoms with van der Waals surface area (Å²) in [5.41, 5.74) is -1.02. The van der Waals surface area contributed by atoms with Gasteiger partial charge in [0.2, 0.25) is 0 Å². The Morgan fingerprint density at radius 2 is 1.96 bits per heavy atom. The maximum Gasteiger partial charge on any atom is 0.410 e. The number of rotatable bonds is 5. The van der Waals surface area contributed by atoms with Crippen molar-refractivity contribution in [1.29, 1.82) is 0 Å². The summed E-state index contributed by atoms with van der Waals surface area (Å²) >= 11 is 0. The number of aliphatic carboxylic acids is 1. The number of nitro groups is 1. The van der Waals surface area contributed by atoms with Crippen molar-refractivity contribution in [3.8, 4) is 5.75 Å². The summed E-state index contributed by atoms with van der Waals surface area (Å²) in [6.07, 6.45) is -0.991. The molecular weight excluding hydrogens is 320 g/mol. The maximum atomic E-state index is 12.0. The van der Waals surface area contributed by atoms with Crippen LogP contribution in [-0.2, 0) is 16.0 Å². The van der Waals surface area contributed by atoms with Gasteiger partial charge < -0.3 is 14.9 Å². The van der Waals surface area contributed by atoms with Gasteiger partial charge in [-0.1, -0.05) is 6.07 Å². The van der Waals surface area contributed by atoms with Crippen molar-refractivity contribution >= 4 is 17.7 Å². The highest BCUT2D eigenvalue weighted by molar-refractivity contribution is 5.80. The number of carboxylic acids is 1. The number of benzene rings is 1. The third-order valence-corrected chi connectivity index (χ3v) is 3.10. The molecule has 1 rings (SSSR count). The minimum Gasteiger partial charge on any atom is -0.502 e. The van der Waals surface area contributed by atoms with Crippen LogP contribution in [0.3, 0.4) is 0 Å². The van der Waals surface area contributed by atoms with Gasteiger partial charge in [-0.25, -0.2) is 9.59 Å². The van der Waals surface area contributed by atoms with Crippen molar-refractivity contribution in [2.75, 3.05) is 7.05 Å². The number of phenolic OH excluding ortho intramolecular Hbond substituents is 1. The minimum absolute atomic E-state index is 0.174. The van der Waals surface area contributed by atoms with Gasteiger partial charge in [0.15, 0.2) is 5.75 Å². The summed E-state index contributed by atoms with van der Waals surface area (Å²) in [6, 6.07) is 2.28. The van der Waals surface area contributed by atoms with Crippen molar-refractivity contribution < 1.29 is 29.5 Å². The molecule has 0 aromatic heterocycles. The average Bonchev–Trinajstić information content (AvgIpc) is 2.43. The highest BCUT2D eigenvalue weighted by Crippen LogP contribution is 2.27. The van der Waals surface area contributed by atoms with Crippen LogP contribution in [-0.4, -0.2) is 50.8 Å². The lowest BCUT2D eigenvalue weighted by Crippen LogP contribution is -2.46. The molecule has 0 bridgehead atoms. The fourth-order valence-electron chi connectivity index (χ4n) is 1.92. The molecule has 1 amide bonds. The number of carbonyl (C=O) groups is 2. The number of phenols is 1. The summed E-state index contributed by atoms with van der Waals surface area (Å²) in [7, 11) is 1.28. The first-order valence-corrected chi connectivity index (χ1v) is 7.07. The average molecular weight is 340 g/mol. The topological polar surface area (TPSA) is 130 Å². The summed E-state index contributed by atoms with van der Waals surface area (Å²) in [5.74, 6) is -1.80. The standard InChI is InChI=1S/C15H20N2O7/c1-15(2,3)24-14(21)16(4)11(13(19)20)8-9-5-6-12(18)10(7-9)17(22)23/h5-7,11,18H,8H2,1-4H3,(H,19,20)/t11-/m1/s1. The quantitative estimate of drug-likeness (QED) is 0.620. The van der Waals surface area contributed by atoms with Crippen molar-refractivity contribution in [2.45, 2.75) is 38.8 Å². The Labute approximate surface area is 138 Å². The zero-order valence-corrected chi connectivity index (χ0v) is 13.8. The van der Waals surface area contributed by atoms with Gasteiger partial charge >= 0.3 is 17.7 Å². The van der Waals surface area contributed by atoms with Crippen LogP contribution < -0.4 is 0 Å². The van der Waals surface area contributed by atoms with E-state index in [4.69, 9.17) is 4.74 Å². The number of likely N-dealkylation sites (N-methyl/N-ethyl adjacent to an activating group) is 1. The fourth-order valence-corrected chi connectivity index (χ4v) is 1.92. The van der Waals surface area contributed by atoms with Crippen molar-refractivity contribution in [3.63, 3.8) is 0 Å². The van der Waals surface area contributed by atoms with Gasteiger partial charge in [-0.2, -0.15) is 0 Å². The van der Waals surface area contributed by atoms with E-state index >= 15 is 0 Å². The number of carbonyl (C=O) groups excluding carboxylic acids is 1. The number of hydrogen-bond donors (Lipinski definition) is 2. The molecule has 0 heterocycles. The third kappa shape index (κ3) is 5.11. The second kappa shape index (κ2) is 7.16. The van der Waals surface area contributed by atoms with E-state index in [-0.39, 0.29) is 6.42 Å². The first kappa shape index (κ1) is 19.2. The predicted octanol–water partition coefficient (Wildman–Crippen LogP) is 2.16. The third-order valence-electron chi connectivity index (χ3n) is 3.10. The molecule has 1 atom stereocenters. The molecule has 0 fully saturated rings. The smallest absolute Gasteiger partial charge is 0.410 e. The molecule has 9 heteroatoms. The lowest BCUT2D eigenvalue weighted by Gasteiger charge is -2.28. The molecule has 0 radical (unpaired) electrons. The number of ether oxygens (including phenoxy) is 1. The van der Waals surface area contributed by atoms with Crippen LogP contribution in [0.1, 0.15) is 26.3 Å². The zero-order chi connectivity index (χ0) is 18.7. The van der Waals surface area contributed by atoms with Crippen molar-refractivity contribution in [2.24, 2.45) is 0 Å². The zero-order valence-electron chi connectivity index (χ0n) is 13.8. The number of nitrogens with zero attached hydrogens (tertiary/aromatic N) is 2. The van der Waals surface area contributed by atoms with Gasteiger partial charge in [0.25, 0.3) is 0 Å². The van der Waals surface area contributed by atoms with E-state index in [1.165, 1.54) is 13.1 Å². The fraction of sp³-hybridized carbons (Fsp3) is 0.467. The van der Waals surface area contributed by atoms with E-state index in [1.54, 1.807) is 20.8 Å². The van der Waals surface area contributed by atoms with Gasteiger partial charge in [-0.15, -0.1) is 0 Å². The first-order chi connectivity index (χ1) is 10.9. The molecule has 0 aliphatic rings. The summed E-state index contributed by atoms with van der Waals surface area (Å²) in [4.78, 5) is 34.5. The molecular formula is C15H20N2O7. The maximum absolute atomic E-state index is 12.0. The lowest BCUT2D eigenvalue weighted by atomic mass is 10.0. The molecule has 1 aromatic carbocycles. The van der Waals surface area contributed by atoms with Crippen LogP contribution in [0.25, 0.3) is 0 Å². The number of carboxylic acid groups (broad SMARTS) is 1. The Morgan fingerprint density at radius 3 is 2.42 bits per heavy atom. The Bertz CT molecular complexity index is 652. The van der Waals surface area contributed by atoms with Gasteiger partial charge in [0, 0.05) is 19.5 Å². The normalized spacial score (nSPS) is 12.3. The molecule has 0 aliphatic heterocycles. The van der Waals surface area contributed by atoms with Gasteiger partial charge in [0.05, 0.1) is 4.92 Å². The van der Waals surface area contributed by atoms with E-state index in [9.17, 15) is 29.9 Å². The molecule has 9 nitrogen and oxygen atoms in total. The Morgan fingerprint density at radius 1 is 1.38 bits per heavy atom. The molecule has 132 valence electrons. The highest BCUT2D eigenvalue weighted by atomic mass is 16.6. The first-order valence-electron chi connectivity index (χ1n) is 7.07. The lowest BCUT2D eigenvalue weighted by molar-refractivity contribution is -0.385. The Kier molecular flexibility index (Phi) is 5.73. The van der Waals surface area contributed by atoms with Crippen LogP contribution in [0.5, 0.6) is 5.75 Å². The van der Waals surface area contributed by atoms with E-state index in [2.05, 4.69) is 0 Å². The van der Waals surface area contributed by atoms with Crippen LogP contribution in [0, 0.1) is 10.1 Å². The van der Waals surface area contributed by atoms with Crippen molar-refractivity contribution in [3.05, 3.63) is 33.9 Å². The summed E-state index contributed by atoms with van der Waals surface area (Å²) in [5, 5.41) is 29.6. The van der Waals surface area contributed by atoms with Crippen LogP contribution in [0.2, 0.25) is 0 Å². The highest BCUT2D eigenvalue weighted by Gasteiger charge is 2.30. The Hall–Kier alpha value is -2.84. The molecule has 0 aliphatic carbocycles. The summed E-state index contributed by atoms with van der Waals surface area (Å²) < 4.78 is 5.12. The van der Waals surface area contributed by atoms with E-state index in [0.29, 0.717) is 5.56 Å². The monoisotopic (exact) mass is 340 g/mol. The predicted molar refractivity (Wildman–Crippen MR) is 83.9 cm³/mol. The van der Waals surface area contributed by atoms with E-state index in [0.717, 1.165) is 17.0 Å². The molecule has 1 aromatic rings. The molecule has 24 heavy (non-hydrogen) atoms. The van der Waals surface area contributed by atoms with Crippen LogP contribution >= 0.6 is 0 Å². The van der Waals surface area contributed by atoms with Crippen molar-refractivity contribution in [1.82, 2.24) is 4.90 Å². The SMILES string of the molecule is CN(C(=O)OC(C)(C)C)[C@H](Cc1ccc(O)c([N+](=O)[O-])c1)C(=O)O. The van der Waals surface area contributed by atoms with E-state index < -0.39 is 40.1 Å². The number of amides is 1. The van der Waals surface area contributed by atoms with E-state index in [1.807, 2.05) is 0 Å². The van der Waals surface area contributed by atoms with Gasteiger partial charge in [0.1, 0.15) is 11.6 Å². The molecule has 0 saturated heterocycles. The van der Waals surface area contributed by atoms with Gasteiger partial charge in [-0.05, 0) is 32.4 Å². The van der Waals surface area contributed by atoms with Crippen LogP contribution in [0.15, 0.2) is 18.2 Å². The molecule has 2 N–H and O–H groups in total. The number of aromatic hydroxyl groups is 1. The summed E-state index contributed by atoms with van der Waals surface area (Å²) in [6.45, 7) is 4.95. The van der Waals surface area contributed by atoms with Crippen LogP contribution in [0.4, 0.5) is 10.5 Å². The van der Waals surface area contributed by atoms with Gasteiger partial charge in [-0.3, -0.25) is 15.0 Å². The largest absolute Gasteiger partial charge is 0.502 e. The Balaban J connectivity index is 3.02. The molecule has 0 unspecified atom stereocenters. The number of nitro benzene ring substituents is 1. The minimum atomic E-state index is -1.28. The second-order valence-corrected chi connectivity index (χ2v) is 6.23.